The van der Waals surface area contributed by atoms with Crippen molar-refractivity contribution in [1.29, 1.82) is 0 Å². The molecule has 4 nitrogen and oxygen atoms in total. The Morgan fingerprint density at radius 1 is 0.857 bits per heavy atom. The normalized spacial score (nSPS) is 34.7. The highest BCUT2D eigenvalue weighted by molar-refractivity contribution is 5.91. The fourth-order valence-electron chi connectivity index (χ4n) is 9.40. The van der Waals surface area contributed by atoms with Crippen LogP contribution >= 0.6 is 0 Å². The maximum Gasteiger partial charge on any atom is 0.155 e. The Morgan fingerprint density at radius 3 is 2.12 bits per heavy atom. The summed E-state index contributed by atoms with van der Waals surface area (Å²) in [6.45, 7) is 6.79. The third kappa shape index (κ3) is 5.41. The monoisotopic (exact) mass is 564 g/mol. The molecule has 2 aromatic carbocycles. The molecule has 1 N–H and O–H groups in total. The number of fused-ring (bicyclic) bond motifs is 5. The van der Waals surface area contributed by atoms with Crippen molar-refractivity contribution in [3.8, 4) is 12.3 Å². The van der Waals surface area contributed by atoms with Gasteiger partial charge >= 0.3 is 0 Å². The summed E-state index contributed by atoms with van der Waals surface area (Å²) >= 11 is 0. The van der Waals surface area contributed by atoms with Crippen LogP contribution in [0.5, 0.6) is 0 Å². The van der Waals surface area contributed by atoms with Gasteiger partial charge in [0.1, 0.15) is 5.60 Å². The van der Waals surface area contributed by atoms with Gasteiger partial charge in [0, 0.05) is 38.0 Å². The van der Waals surface area contributed by atoms with Gasteiger partial charge < -0.3 is 10.0 Å². The van der Waals surface area contributed by atoms with E-state index in [-0.39, 0.29) is 5.41 Å². The van der Waals surface area contributed by atoms with Crippen molar-refractivity contribution in [3.63, 3.8) is 0 Å². The lowest BCUT2D eigenvalue weighted by atomic mass is 9.50. The Morgan fingerprint density at radius 2 is 1.50 bits per heavy atom. The van der Waals surface area contributed by atoms with Gasteiger partial charge in [-0.2, -0.15) is 0 Å². The molecule has 0 radical (unpaired) electrons. The first kappa shape index (κ1) is 29.4. The molecule has 1 saturated heterocycles. The van der Waals surface area contributed by atoms with E-state index >= 15 is 0 Å². The highest BCUT2D eigenvalue weighted by Gasteiger charge is 2.61. The van der Waals surface area contributed by atoms with Gasteiger partial charge in [-0.15, -0.1) is 6.42 Å². The number of carbonyl (C=O) groups is 1. The third-order valence-electron chi connectivity index (χ3n) is 11.8. The van der Waals surface area contributed by atoms with Crippen molar-refractivity contribution >= 4 is 5.78 Å². The van der Waals surface area contributed by atoms with Crippen LogP contribution in [0.25, 0.3) is 0 Å². The largest absolute Gasteiger partial charge is 0.377 e. The standard InChI is InChI=1S/C20H26O2.C18H22N2/c1-3-20(22)11-9-18-17-6-4-13-12-14(21)5-7-15(13)16(17)8-10-19(18,20)2;1-19-12-14-20(15-13-19)18(16-8-4-2-5-9-16)17-10-6-3-7-11-17/h1,12,15-18,22H,4-11H2,2H3;2-11,18H,12-15H2,1H3/t15-,16+,17+,18-,19-,20-;/m0./s1. The number of carbonyl (C=O) groups excluding carboxylic acids is 1. The zero-order chi connectivity index (χ0) is 29.3. The second-order valence-corrected chi connectivity index (χ2v) is 13.9. The molecule has 0 spiro atoms. The number of terminal acetylenes is 1. The van der Waals surface area contributed by atoms with E-state index < -0.39 is 5.60 Å². The second-order valence-electron chi connectivity index (χ2n) is 13.9. The highest BCUT2D eigenvalue weighted by Crippen LogP contribution is 2.64. The highest BCUT2D eigenvalue weighted by atomic mass is 16.3. The lowest BCUT2D eigenvalue weighted by molar-refractivity contribution is -0.116. The fourth-order valence-corrected chi connectivity index (χ4v) is 9.40. The first-order chi connectivity index (χ1) is 20.3. The summed E-state index contributed by atoms with van der Waals surface area (Å²) in [7, 11) is 2.21. The molecule has 0 bridgehead atoms. The molecule has 42 heavy (non-hydrogen) atoms. The number of benzene rings is 2. The van der Waals surface area contributed by atoms with Crippen LogP contribution in [0.15, 0.2) is 72.3 Å². The number of hydrogen-bond acceptors (Lipinski definition) is 4. The van der Waals surface area contributed by atoms with Crippen LogP contribution in [0, 0.1) is 41.4 Å². The molecule has 6 atom stereocenters. The molecule has 222 valence electrons. The Balaban J connectivity index is 0.000000151. The Bertz CT molecular complexity index is 1270. The predicted molar refractivity (Wildman–Crippen MR) is 170 cm³/mol. The molecular formula is C38H48N2O2. The molecule has 2 aromatic rings. The quantitative estimate of drug-likeness (QED) is 0.432. The summed E-state index contributed by atoms with van der Waals surface area (Å²) in [5, 5.41) is 10.9. The minimum Gasteiger partial charge on any atom is -0.377 e. The Hall–Kier alpha value is -2.71. The van der Waals surface area contributed by atoms with E-state index in [1.54, 1.807) is 0 Å². The van der Waals surface area contributed by atoms with Crippen molar-refractivity contribution in [2.24, 2.45) is 29.1 Å². The molecule has 0 aromatic heterocycles. The molecule has 3 saturated carbocycles. The molecule has 7 rings (SSSR count). The Kier molecular flexibility index (Phi) is 8.47. The van der Waals surface area contributed by atoms with Crippen molar-refractivity contribution in [3.05, 3.63) is 83.4 Å². The van der Waals surface area contributed by atoms with E-state index in [1.165, 1.54) is 23.1 Å². The number of allylic oxidation sites excluding steroid dienone is 1. The number of piperazine rings is 1. The number of likely N-dealkylation sites (N-methyl/N-ethyl adjacent to an activating group) is 1. The number of ketones is 1. The smallest absolute Gasteiger partial charge is 0.155 e. The lowest BCUT2D eigenvalue weighted by Gasteiger charge is -2.54. The molecule has 1 heterocycles. The van der Waals surface area contributed by atoms with Gasteiger partial charge in [-0.1, -0.05) is 79.1 Å². The number of rotatable bonds is 3. The van der Waals surface area contributed by atoms with Gasteiger partial charge in [0.25, 0.3) is 0 Å². The molecular weight excluding hydrogens is 516 g/mol. The number of nitrogens with zero attached hydrogens (tertiary/aromatic N) is 2. The average Bonchev–Trinajstić information content (AvgIpc) is 3.30. The number of aliphatic hydroxyl groups is 1. The van der Waals surface area contributed by atoms with Crippen LogP contribution in [0.2, 0.25) is 0 Å². The third-order valence-corrected chi connectivity index (χ3v) is 11.8. The van der Waals surface area contributed by atoms with Gasteiger partial charge in [0.2, 0.25) is 0 Å². The van der Waals surface area contributed by atoms with E-state index in [0.29, 0.717) is 35.5 Å². The first-order valence-electron chi connectivity index (χ1n) is 16.3. The average molecular weight is 565 g/mol. The van der Waals surface area contributed by atoms with Crippen LogP contribution in [0.1, 0.15) is 75.5 Å². The summed E-state index contributed by atoms with van der Waals surface area (Å²) in [5.74, 6) is 5.66. The molecule has 0 unspecified atom stereocenters. The van der Waals surface area contributed by atoms with E-state index in [4.69, 9.17) is 6.42 Å². The number of hydrogen-bond donors (Lipinski definition) is 1. The van der Waals surface area contributed by atoms with Gasteiger partial charge in [-0.25, -0.2) is 0 Å². The predicted octanol–water partition coefficient (Wildman–Crippen LogP) is 6.52. The van der Waals surface area contributed by atoms with Crippen molar-refractivity contribution in [1.82, 2.24) is 9.80 Å². The molecule has 4 fully saturated rings. The minimum absolute atomic E-state index is 0.103. The summed E-state index contributed by atoms with van der Waals surface area (Å²) in [5.41, 5.74) is 3.20. The van der Waals surface area contributed by atoms with Crippen LogP contribution in [0.3, 0.4) is 0 Å². The first-order valence-corrected chi connectivity index (χ1v) is 16.3. The maximum atomic E-state index is 11.7. The van der Waals surface area contributed by atoms with E-state index in [9.17, 15) is 9.90 Å². The molecule has 4 heteroatoms. The maximum absolute atomic E-state index is 11.7. The molecule has 1 aliphatic heterocycles. The van der Waals surface area contributed by atoms with Crippen molar-refractivity contribution < 1.29 is 9.90 Å². The van der Waals surface area contributed by atoms with Gasteiger partial charge in [-0.3, -0.25) is 9.69 Å². The van der Waals surface area contributed by atoms with Crippen molar-refractivity contribution in [2.45, 2.75) is 69.9 Å². The SMILES string of the molecule is C#C[C@]1(O)CC[C@H]2[C@@H]3CCC4=CC(=O)CC[C@@H]4[C@H]3CC[C@@]21C.CN1CCN(C(c2ccccc2)c2ccccc2)CC1. The van der Waals surface area contributed by atoms with Crippen LogP contribution in [0.4, 0.5) is 0 Å². The molecule has 5 aliphatic rings. The van der Waals surface area contributed by atoms with E-state index in [2.05, 4.69) is 90.4 Å². The van der Waals surface area contributed by atoms with Crippen LogP contribution in [-0.4, -0.2) is 59.5 Å². The van der Waals surface area contributed by atoms with Gasteiger partial charge in [-0.05, 0) is 92.9 Å². The van der Waals surface area contributed by atoms with Gasteiger partial charge in [0.05, 0.1) is 6.04 Å². The zero-order valence-electron chi connectivity index (χ0n) is 25.6. The van der Waals surface area contributed by atoms with Crippen LogP contribution < -0.4 is 0 Å². The molecule has 0 amide bonds. The van der Waals surface area contributed by atoms with Crippen LogP contribution in [-0.2, 0) is 4.79 Å². The van der Waals surface area contributed by atoms with Gasteiger partial charge in [0.15, 0.2) is 5.78 Å². The summed E-state index contributed by atoms with van der Waals surface area (Å²) < 4.78 is 0. The lowest BCUT2D eigenvalue weighted by Crippen LogP contribution is -2.52. The van der Waals surface area contributed by atoms with E-state index in [0.717, 1.165) is 71.1 Å². The molecule has 4 aliphatic carbocycles. The minimum atomic E-state index is -0.902. The fraction of sp³-hybridized carbons (Fsp3) is 0.553. The topological polar surface area (TPSA) is 43.8 Å². The summed E-state index contributed by atoms with van der Waals surface area (Å²) in [4.78, 5) is 16.7. The zero-order valence-corrected chi connectivity index (χ0v) is 25.6. The second kappa shape index (κ2) is 12.1. The van der Waals surface area contributed by atoms with E-state index in [1.807, 2.05) is 6.08 Å². The Labute approximate surface area is 253 Å². The summed E-state index contributed by atoms with van der Waals surface area (Å²) in [6.07, 6.45) is 15.7. The summed E-state index contributed by atoms with van der Waals surface area (Å²) in [6, 6.07) is 22.1. The van der Waals surface area contributed by atoms with Crippen molar-refractivity contribution in [2.75, 3.05) is 33.2 Å².